The number of hydrogen-bond acceptors (Lipinski definition) is 4. The fourth-order valence-corrected chi connectivity index (χ4v) is 2.69. The first-order valence-corrected chi connectivity index (χ1v) is 6.96. The Bertz CT molecular complexity index is 432. The quantitative estimate of drug-likeness (QED) is 0.655. The lowest BCUT2D eigenvalue weighted by Crippen LogP contribution is -2.37. The molecule has 0 aliphatic heterocycles. The SMILES string of the molecule is CC1CCC(NCCn2cc([N+](=O)[O-])cn2)CC1C. The minimum Gasteiger partial charge on any atom is -0.312 e. The van der Waals surface area contributed by atoms with Crippen molar-refractivity contribution in [3.05, 3.63) is 22.5 Å². The highest BCUT2D eigenvalue weighted by atomic mass is 16.6. The topological polar surface area (TPSA) is 73.0 Å². The highest BCUT2D eigenvalue weighted by Crippen LogP contribution is 2.29. The van der Waals surface area contributed by atoms with Crippen LogP contribution in [-0.4, -0.2) is 27.3 Å². The zero-order chi connectivity index (χ0) is 13.8. The van der Waals surface area contributed by atoms with Crippen molar-refractivity contribution in [2.24, 2.45) is 11.8 Å². The molecule has 0 spiro atoms. The minimum absolute atomic E-state index is 0.0557. The summed E-state index contributed by atoms with van der Waals surface area (Å²) >= 11 is 0. The average Bonchev–Trinajstić information content (AvgIpc) is 2.83. The molecule has 1 aromatic heterocycles. The van der Waals surface area contributed by atoms with E-state index in [2.05, 4.69) is 24.3 Å². The third-order valence-corrected chi connectivity index (χ3v) is 4.20. The maximum Gasteiger partial charge on any atom is 0.306 e. The first-order valence-electron chi connectivity index (χ1n) is 6.96. The van der Waals surface area contributed by atoms with E-state index in [0.717, 1.165) is 18.4 Å². The summed E-state index contributed by atoms with van der Waals surface area (Å²) in [6, 6.07) is 0.580. The van der Waals surface area contributed by atoms with Crippen LogP contribution in [0.5, 0.6) is 0 Å². The van der Waals surface area contributed by atoms with Crippen LogP contribution in [0.15, 0.2) is 12.4 Å². The molecule has 0 radical (unpaired) electrons. The van der Waals surface area contributed by atoms with Crippen LogP contribution in [0, 0.1) is 22.0 Å². The Balaban J connectivity index is 1.72. The number of nitrogens with one attached hydrogen (secondary N) is 1. The summed E-state index contributed by atoms with van der Waals surface area (Å²) in [6.07, 6.45) is 6.51. The lowest BCUT2D eigenvalue weighted by molar-refractivity contribution is -0.385. The van der Waals surface area contributed by atoms with Crippen molar-refractivity contribution in [2.75, 3.05) is 6.54 Å². The van der Waals surface area contributed by atoms with Gasteiger partial charge in [0, 0.05) is 12.6 Å². The largest absolute Gasteiger partial charge is 0.312 e. The van der Waals surface area contributed by atoms with Gasteiger partial charge in [-0.1, -0.05) is 13.8 Å². The van der Waals surface area contributed by atoms with Crippen molar-refractivity contribution in [3.63, 3.8) is 0 Å². The Morgan fingerprint density at radius 2 is 2.26 bits per heavy atom. The zero-order valence-electron chi connectivity index (χ0n) is 11.6. The maximum absolute atomic E-state index is 10.5. The molecule has 6 heteroatoms. The number of nitrogens with zero attached hydrogens (tertiary/aromatic N) is 3. The van der Waals surface area contributed by atoms with Crippen molar-refractivity contribution < 1.29 is 4.92 Å². The molecule has 0 aromatic carbocycles. The molecule has 0 saturated heterocycles. The molecule has 3 atom stereocenters. The first kappa shape index (κ1) is 14.0. The van der Waals surface area contributed by atoms with Gasteiger partial charge in [0.15, 0.2) is 0 Å². The van der Waals surface area contributed by atoms with Gasteiger partial charge in [0.1, 0.15) is 12.4 Å². The van der Waals surface area contributed by atoms with Gasteiger partial charge in [-0.25, -0.2) is 0 Å². The molecule has 6 nitrogen and oxygen atoms in total. The van der Waals surface area contributed by atoms with Gasteiger partial charge in [0.25, 0.3) is 0 Å². The number of aromatic nitrogens is 2. The number of hydrogen-bond donors (Lipinski definition) is 1. The van der Waals surface area contributed by atoms with E-state index in [1.165, 1.54) is 31.7 Å². The Morgan fingerprint density at radius 3 is 2.89 bits per heavy atom. The predicted octanol–water partition coefficient (Wildman–Crippen LogP) is 2.21. The van der Waals surface area contributed by atoms with Crippen molar-refractivity contribution in [1.82, 2.24) is 15.1 Å². The molecular formula is C13H22N4O2. The Hall–Kier alpha value is -1.43. The van der Waals surface area contributed by atoms with E-state index in [9.17, 15) is 10.1 Å². The van der Waals surface area contributed by atoms with Gasteiger partial charge in [-0.05, 0) is 31.1 Å². The highest BCUT2D eigenvalue weighted by molar-refractivity contribution is 5.20. The van der Waals surface area contributed by atoms with Crippen LogP contribution in [0.2, 0.25) is 0 Å². The molecule has 1 heterocycles. The van der Waals surface area contributed by atoms with Crippen LogP contribution in [0.4, 0.5) is 5.69 Å². The lowest BCUT2D eigenvalue weighted by Gasteiger charge is -2.32. The summed E-state index contributed by atoms with van der Waals surface area (Å²) < 4.78 is 1.63. The van der Waals surface area contributed by atoms with E-state index in [0.29, 0.717) is 12.6 Å². The van der Waals surface area contributed by atoms with Crippen molar-refractivity contribution in [1.29, 1.82) is 0 Å². The fraction of sp³-hybridized carbons (Fsp3) is 0.769. The van der Waals surface area contributed by atoms with Crippen molar-refractivity contribution >= 4 is 5.69 Å². The van der Waals surface area contributed by atoms with Gasteiger partial charge in [-0.3, -0.25) is 14.8 Å². The summed E-state index contributed by atoms with van der Waals surface area (Å²) in [4.78, 5) is 10.1. The molecule has 1 N–H and O–H groups in total. The van der Waals surface area contributed by atoms with Crippen LogP contribution < -0.4 is 5.32 Å². The standard InChI is InChI=1S/C13H22N4O2/c1-10-3-4-12(7-11(10)2)14-5-6-16-9-13(8-15-16)17(18)19/h8-12,14H,3-7H2,1-2H3. The molecular weight excluding hydrogens is 244 g/mol. The van der Waals surface area contributed by atoms with E-state index < -0.39 is 4.92 Å². The molecule has 1 fully saturated rings. The number of rotatable bonds is 5. The van der Waals surface area contributed by atoms with E-state index >= 15 is 0 Å². The number of nitro groups is 1. The smallest absolute Gasteiger partial charge is 0.306 e. The van der Waals surface area contributed by atoms with Gasteiger partial charge in [0.05, 0.1) is 11.5 Å². The molecule has 1 aromatic rings. The molecule has 1 aliphatic carbocycles. The van der Waals surface area contributed by atoms with E-state index in [4.69, 9.17) is 0 Å². The molecule has 19 heavy (non-hydrogen) atoms. The minimum atomic E-state index is -0.416. The second-order valence-corrected chi connectivity index (χ2v) is 5.64. The van der Waals surface area contributed by atoms with E-state index in [1.54, 1.807) is 4.68 Å². The van der Waals surface area contributed by atoms with Crippen LogP contribution in [0.3, 0.4) is 0 Å². The third-order valence-electron chi connectivity index (χ3n) is 4.20. The molecule has 2 rings (SSSR count). The molecule has 1 aliphatic rings. The lowest BCUT2D eigenvalue weighted by atomic mass is 9.79. The van der Waals surface area contributed by atoms with Crippen molar-refractivity contribution in [3.8, 4) is 0 Å². The summed E-state index contributed by atoms with van der Waals surface area (Å²) in [5.41, 5.74) is 0.0557. The molecule has 3 unspecified atom stereocenters. The summed E-state index contributed by atoms with van der Waals surface area (Å²) in [5, 5.41) is 18.0. The first-order chi connectivity index (χ1) is 9.06. The van der Waals surface area contributed by atoms with Crippen LogP contribution in [-0.2, 0) is 6.54 Å². The van der Waals surface area contributed by atoms with Crippen LogP contribution in [0.1, 0.15) is 33.1 Å². The summed E-state index contributed by atoms with van der Waals surface area (Å²) in [5.74, 6) is 1.60. The van der Waals surface area contributed by atoms with Crippen molar-refractivity contribution in [2.45, 2.75) is 45.7 Å². The molecule has 106 valence electrons. The summed E-state index contributed by atoms with van der Waals surface area (Å²) in [6.45, 7) is 6.12. The Labute approximate surface area is 113 Å². The van der Waals surface area contributed by atoms with Gasteiger partial charge in [-0.15, -0.1) is 0 Å². The molecule has 1 saturated carbocycles. The normalized spacial score (nSPS) is 27.4. The predicted molar refractivity (Wildman–Crippen MR) is 72.9 cm³/mol. The third kappa shape index (κ3) is 3.76. The average molecular weight is 266 g/mol. The van der Waals surface area contributed by atoms with Gasteiger partial charge < -0.3 is 5.32 Å². The van der Waals surface area contributed by atoms with Gasteiger partial charge >= 0.3 is 5.69 Å². The van der Waals surface area contributed by atoms with Crippen LogP contribution in [0.25, 0.3) is 0 Å². The van der Waals surface area contributed by atoms with E-state index in [-0.39, 0.29) is 5.69 Å². The van der Waals surface area contributed by atoms with Gasteiger partial charge in [0.2, 0.25) is 0 Å². The Kier molecular flexibility index (Phi) is 4.52. The monoisotopic (exact) mass is 266 g/mol. The Morgan fingerprint density at radius 1 is 1.47 bits per heavy atom. The second kappa shape index (κ2) is 6.14. The van der Waals surface area contributed by atoms with E-state index in [1.807, 2.05) is 0 Å². The molecule has 0 amide bonds. The summed E-state index contributed by atoms with van der Waals surface area (Å²) in [7, 11) is 0. The maximum atomic E-state index is 10.5. The zero-order valence-corrected chi connectivity index (χ0v) is 11.6. The van der Waals surface area contributed by atoms with Gasteiger partial charge in [-0.2, -0.15) is 5.10 Å². The van der Waals surface area contributed by atoms with Crippen LogP contribution >= 0.6 is 0 Å². The molecule has 0 bridgehead atoms. The highest BCUT2D eigenvalue weighted by Gasteiger charge is 2.23. The second-order valence-electron chi connectivity index (χ2n) is 5.64. The fourth-order valence-electron chi connectivity index (χ4n) is 2.69.